The van der Waals surface area contributed by atoms with Gasteiger partial charge in [-0.05, 0) is 65.1 Å². The third kappa shape index (κ3) is 3.30. The molecular weight excluding hydrogens is 364 g/mol. The summed E-state index contributed by atoms with van der Waals surface area (Å²) < 4.78 is 2.59. The highest BCUT2D eigenvalue weighted by Crippen LogP contribution is 2.33. The molecule has 2 aromatic rings. The van der Waals surface area contributed by atoms with E-state index in [-0.39, 0.29) is 5.56 Å². The number of rotatable bonds is 4. The fourth-order valence-corrected chi connectivity index (χ4v) is 4.29. The van der Waals surface area contributed by atoms with Crippen molar-refractivity contribution < 1.29 is 0 Å². The van der Waals surface area contributed by atoms with Crippen LogP contribution in [0.15, 0.2) is 51.9 Å². The van der Waals surface area contributed by atoms with Gasteiger partial charge in [-0.1, -0.05) is 30.3 Å². The van der Waals surface area contributed by atoms with Crippen LogP contribution in [0.5, 0.6) is 0 Å². The van der Waals surface area contributed by atoms with Gasteiger partial charge in [0, 0.05) is 25.8 Å². The molecule has 2 heterocycles. The maximum Gasteiger partial charge on any atom is 0.266 e. The number of hydrogen-bond acceptors (Lipinski definition) is 2. The second-order valence-corrected chi connectivity index (χ2v) is 7.88. The van der Waals surface area contributed by atoms with Crippen molar-refractivity contribution in [2.75, 3.05) is 18.0 Å². The first-order valence-corrected chi connectivity index (χ1v) is 9.70. The fraction of sp³-hybridized carbons (Fsp3) is 0.450. The molecule has 0 amide bonds. The number of halogens is 1. The van der Waals surface area contributed by atoms with Gasteiger partial charge in [-0.15, -0.1) is 0 Å². The molecule has 1 aliphatic heterocycles. The molecule has 2 aliphatic rings. The van der Waals surface area contributed by atoms with Crippen LogP contribution in [0.2, 0.25) is 0 Å². The molecule has 0 atom stereocenters. The molecule has 0 N–H and O–H groups in total. The van der Waals surface area contributed by atoms with Crippen LogP contribution in [-0.4, -0.2) is 17.7 Å². The third-order valence-electron chi connectivity index (χ3n) is 5.34. The number of benzene rings is 1. The fourth-order valence-electron chi connectivity index (χ4n) is 3.68. The Morgan fingerprint density at radius 2 is 1.71 bits per heavy atom. The van der Waals surface area contributed by atoms with Crippen LogP contribution < -0.4 is 10.5 Å². The van der Waals surface area contributed by atoms with Crippen LogP contribution in [0.3, 0.4) is 0 Å². The molecule has 3 nitrogen and oxygen atoms in total. The Morgan fingerprint density at radius 3 is 2.38 bits per heavy atom. The summed E-state index contributed by atoms with van der Waals surface area (Å²) in [4.78, 5) is 14.9. The van der Waals surface area contributed by atoms with Crippen LogP contribution in [0.1, 0.15) is 37.2 Å². The van der Waals surface area contributed by atoms with Gasteiger partial charge in [-0.2, -0.15) is 0 Å². The van der Waals surface area contributed by atoms with Crippen molar-refractivity contribution >= 4 is 21.6 Å². The smallest absolute Gasteiger partial charge is 0.266 e. The van der Waals surface area contributed by atoms with E-state index in [2.05, 4.69) is 57.2 Å². The van der Waals surface area contributed by atoms with Crippen LogP contribution in [0.4, 0.5) is 5.69 Å². The standard InChI is InChI=1S/C20H23BrN2O/c21-19-18(10-13-23(20(19)24)14-15-6-7-15)22-11-8-17(9-12-22)16-4-2-1-3-5-16/h1-5,10,13,15,17H,6-9,11-12,14H2. The average molecular weight is 387 g/mol. The zero-order valence-corrected chi connectivity index (χ0v) is 15.4. The van der Waals surface area contributed by atoms with Crippen LogP contribution in [-0.2, 0) is 6.54 Å². The molecule has 126 valence electrons. The number of piperidine rings is 1. The second kappa shape index (κ2) is 6.75. The lowest BCUT2D eigenvalue weighted by molar-refractivity contribution is 0.504. The van der Waals surface area contributed by atoms with E-state index in [4.69, 9.17) is 0 Å². The Labute approximate surface area is 151 Å². The van der Waals surface area contributed by atoms with Gasteiger partial charge in [-0.25, -0.2) is 0 Å². The van der Waals surface area contributed by atoms with E-state index in [1.165, 1.54) is 18.4 Å². The first-order valence-electron chi connectivity index (χ1n) is 8.91. The Morgan fingerprint density at radius 1 is 1.00 bits per heavy atom. The average Bonchev–Trinajstić information content (AvgIpc) is 3.44. The molecule has 1 saturated heterocycles. The number of nitrogens with zero attached hydrogens (tertiary/aromatic N) is 2. The van der Waals surface area contributed by atoms with Crippen molar-refractivity contribution in [3.05, 3.63) is 63.0 Å². The molecule has 1 aliphatic carbocycles. The topological polar surface area (TPSA) is 25.2 Å². The summed E-state index contributed by atoms with van der Waals surface area (Å²) >= 11 is 3.56. The minimum absolute atomic E-state index is 0.115. The van der Waals surface area contributed by atoms with Gasteiger partial charge in [0.25, 0.3) is 5.56 Å². The Bertz CT molecular complexity index is 759. The second-order valence-electron chi connectivity index (χ2n) is 7.09. The Balaban J connectivity index is 1.47. The zero-order valence-electron chi connectivity index (χ0n) is 13.8. The van der Waals surface area contributed by atoms with Crippen molar-refractivity contribution in [1.82, 2.24) is 4.57 Å². The maximum atomic E-state index is 12.6. The first kappa shape index (κ1) is 15.9. The van der Waals surface area contributed by atoms with E-state index in [0.29, 0.717) is 11.8 Å². The normalized spacial score (nSPS) is 18.8. The lowest BCUT2D eigenvalue weighted by Crippen LogP contribution is -2.34. The predicted molar refractivity (Wildman–Crippen MR) is 102 cm³/mol. The largest absolute Gasteiger partial charge is 0.370 e. The first-order chi connectivity index (χ1) is 11.7. The SMILES string of the molecule is O=c1c(Br)c(N2CCC(c3ccccc3)CC2)ccn1CC1CC1. The summed E-state index contributed by atoms with van der Waals surface area (Å²) in [5.41, 5.74) is 2.61. The highest BCUT2D eigenvalue weighted by atomic mass is 79.9. The summed E-state index contributed by atoms with van der Waals surface area (Å²) in [6.07, 6.45) is 6.78. The van der Waals surface area contributed by atoms with Crippen molar-refractivity contribution in [3.63, 3.8) is 0 Å². The third-order valence-corrected chi connectivity index (χ3v) is 6.09. The van der Waals surface area contributed by atoms with E-state index < -0.39 is 0 Å². The molecule has 24 heavy (non-hydrogen) atoms. The molecule has 0 unspecified atom stereocenters. The van der Waals surface area contributed by atoms with Gasteiger partial charge in [0.1, 0.15) is 4.47 Å². The van der Waals surface area contributed by atoms with Crippen molar-refractivity contribution in [1.29, 1.82) is 0 Å². The van der Waals surface area contributed by atoms with Gasteiger partial charge >= 0.3 is 0 Å². The Kier molecular flexibility index (Phi) is 4.49. The van der Waals surface area contributed by atoms with Crippen LogP contribution in [0, 0.1) is 5.92 Å². The summed E-state index contributed by atoms with van der Waals surface area (Å²) in [7, 11) is 0. The van der Waals surface area contributed by atoms with Crippen molar-refractivity contribution in [3.8, 4) is 0 Å². The summed E-state index contributed by atoms with van der Waals surface area (Å²) in [5, 5.41) is 0. The molecule has 1 aromatic heterocycles. The summed E-state index contributed by atoms with van der Waals surface area (Å²) in [6.45, 7) is 2.88. The van der Waals surface area contributed by atoms with Gasteiger partial charge in [-0.3, -0.25) is 4.79 Å². The van der Waals surface area contributed by atoms with E-state index in [1.807, 2.05) is 10.8 Å². The monoisotopic (exact) mass is 386 g/mol. The summed E-state index contributed by atoms with van der Waals surface area (Å²) in [5.74, 6) is 1.35. The van der Waals surface area contributed by atoms with E-state index >= 15 is 0 Å². The Hall–Kier alpha value is -1.55. The molecular formula is C20H23BrN2O. The number of pyridine rings is 1. The van der Waals surface area contributed by atoms with E-state index in [1.54, 1.807) is 0 Å². The van der Waals surface area contributed by atoms with E-state index in [9.17, 15) is 4.79 Å². The molecule has 1 aromatic carbocycles. The van der Waals surface area contributed by atoms with Crippen molar-refractivity contribution in [2.24, 2.45) is 5.92 Å². The molecule has 0 spiro atoms. The molecule has 0 bridgehead atoms. The predicted octanol–water partition coefficient (Wildman–Crippen LogP) is 4.40. The van der Waals surface area contributed by atoms with Crippen LogP contribution in [0.25, 0.3) is 0 Å². The zero-order chi connectivity index (χ0) is 16.5. The highest BCUT2D eigenvalue weighted by Gasteiger charge is 2.25. The lowest BCUT2D eigenvalue weighted by atomic mass is 9.89. The molecule has 0 radical (unpaired) electrons. The van der Waals surface area contributed by atoms with Gasteiger partial charge < -0.3 is 9.47 Å². The minimum Gasteiger partial charge on any atom is -0.370 e. The maximum absolute atomic E-state index is 12.6. The van der Waals surface area contributed by atoms with Crippen LogP contribution >= 0.6 is 15.9 Å². The number of hydrogen-bond donors (Lipinski definition) is 0. The number of aromatic nitrogens is 1. The van der Waals surface area contributed by atoms with E-state index in [0.717, 1.165) is 42.6 Å². The molecule has 4 rings (SSSR count). The van der Waals surface area contributed by atoms with Gasteiger partial charge in [0.05, 0.1) is 5.69 Å². The van der Waals surface area contributed by atoms with Crippen molar-refractivity contribution in [2.45, 2.75) is 38.1 Å². The highest BCUT2D eigenvalue weighted by molar-refractivity contribution is 9.10. The summed E-state index contributed by atoms with van der Waals surface area (Å²) in [6, 6.07) is 12.9. The lowest BCUT2D eigenvalue weighted by Gasteiger charge is -2.34. The van der Waals surface area contributed by atoms with Gasteiger partial charge in [0.15, 0.2) is 0 Å². The molecule has 4 heteroatoms. The molecule has 2 fully saturated rings. The molecule has 1 saturated carbocycles. The van der Waals surface area contributed by atoms with Gasteiger partial charge in [0.2, 0.25) is 0 Å². The quantitative estimate of drug-likeness (QED) is 0.777. The number of anilines is 1. The minimum atomic E-state index is 0.115.